The number of hydrogen-bond acceptors (Lipinski definition) is 3. The van der Waals surface area contributed by atoms with Crippen LogP contribution in [-0.4, -0.2) is 9.55 Å². The SMILES string of the molecule is N#Cc1ccccc1Cn1c(N)nc2ccccc21. The Hall–Kier alpha value is -2.80. The summed E-state index contributed by atoms with van der Waals surface area (Å²) in [4.78, 5) is 4.32. The molecule has 0 spiro atoms. The molecule has 1 aromatic heterocycles. The van der Waals surface area contributed by atoms with Gasteiger partial charge in [0.15, 0.2) is 0 Å². The molecule has 92 valence electrons. The van der Waals surface area contributed by atoms with Gasteiger partial charge in [0, 0.05) is 0 Å². The average molecular weight is 248 g/mol. The first-order valence-electron chi connectivity index (χ1n) is 5.98. The number of benzene rings is 2. The summed E-state index contributed by atoms with van der Waals surface area (Å²) in [6.45, 7) is 0.552. The maximum absolute atomic E-state index is 9.12. The van der Waals surface area contributed by atoms with E-state index in [0.29, 0.717) is 18.1 Å². The Labute approximate surface area is 110 Å². The molecule has 0 amide bonds. The minimum absolute atomic E-state index is 0.467. The number of imidazole rings is 1. The van der Waals surface area contributed by atoms with Gasteiger partial charge >= 0.3 is 0 Å². The number of anilines is 1. The number of nitriles is 1. The Morgan fingerprint density at radius 1 is 1.11 bits per heavy atom. The van der Waals surface area contributed by atoms with E-state index in [-0.39, 0.29) is 0 Å². The smallest absolute Gasteiger partial charge is 0.201 e. The van der Waals surface area contributed by atoms with E-state index in [1.54, 1.807) is 0 Å². The fourth-order valence-electron chi connectivity index (χ4n) is 2.20. The lowest BCUT2D eigenvalue weighted by molar-refractivity contribution is 0.836. The van der Waals surface area contributed by atoms with Crippen LogP contribution in [0.3, 0.4) is 0 Å². The highest BCUT2D eigenvalue weighted by molar-refractivity contribution is 5.78. The zero-order chi connectivity index (χ0) is 13.2. The molecular weight excluding hydrogens is 236 g/mol. The predicted molar refractivity (Wildman–Crippen MR) is 74.4 cm³/mol. The van der Waals surface area contributed by atoms with E-state index in [1.807, 2.05) is 53.1 Å². The van der Waals surface area contributed by atoms with Crippen molar-refractivity contribution in [2.24, 2.45) is 0 Å². The third-order valence-corrected chi connectivity index (χ3v) is 3.15. The number of para-hydroxylation sites is 2. The number of rotatable bonds is 2. The Kier molecular flexibility index (Phi) is 2.66. The van der Waals surface area contributed by atoms with Crippen molar-refractivity contribution in [2.75, 3.05) is 5.73 Å². The van der Waals surface area contributed by atoms with Gasteiger partial charge in [0.2, 0.25) is 5.95 Å². The minimum Gasteiger partial charge on any atom is -0.369 e. The van der Waals surface area contributed by atoms with Crippen LogP contribution in [0.25, 0.3) is 11.0 Å². The molecule has 0 aliphatic rings. The highest BCUT2D eigenvalue weighted by Crippen LogP contribution is 2.20. The van der Waals surface area contributed by atoms with Gasteiger partial charge < -0.3 is 10.3 Å². The molecular formula is C15H12N4. The van der Waals surface area contributed by atoms with Crippen LogP contribution >= 0.6 is 0 Å². The molecule has 0 bridgehead atoms. The molecule has 19 heavy (non-hydrogen) atoms. The number of nitrogens with zero attached hydrogens (tertiary/aromatic N) is 3. The molecule has 4 nitrogen and oxygen atoms in total. The predicted octanol–water partition coefficient (Wildman–Crippen LogP) is 2.54. The summed E-state index contributed by atoms with van der Waals surface area (Å²) in [7, 11) is 0. The summed E-state index contributed by atoms with van der Waals surface area (Å²) in [5, 5.41) is 9.12. The van der Waals surface area contributed by atoms with Crippen LogP contribution in [0.4, 0.5) is 5.95 Å². The topological polar surface area (TPSA) is 67.6 Å². The molecule has 0 aliphatic carbocycles. The number of aromatic nitrogens is 2. The van der Waals surface area contributed by atoms with Gasteiger partial charge in [-0.25, -0.2) is 4.98 Å². The van der Waals surface area contributed by atoms with Gasteiger partial charge in [-0.1, -0.05) is 30.3 Å². The van der Waals surface area contributed by atoms with E-state index in [0.717, 1.165) is 16.6 Å². The van der Waals surface area contributed by atoms with Gasteiger partial charge in [0.25, 0.3) is 0 Å². The third kappa shape index (κ3) is 1.91. The third-order valence-electron chi connectivity index (χ3n) is 3.15. The summed E-state index contributed by atoms with van der Waals surface area (Å²) in [6.07, 6.45) is 0. The monoisotopic (exact) mass is 248 g/mol. The number of hydrogen-bond donors (Lipinski definition) is 1. The zero-order valence-electron chi connectivity index (χ0n) is 10.2. The average Bonchev–Trinajstić information content (AvgIpc) is 2.76. The molecule has 0 radical (unpaired) electrons. The molecule has 0 saturated heterocycles. The van der Waals surface area contributed by atoms with Crippen molar-refractivity contribution in [1.29, 1.82) is 5.26 Å². The second-order valence-electron chi connectivity index (χ2n) is 4.31. The second kappa shape index (κ2) is 4.46. The normalized spacial score (nSPS) is 10.5. The van der Waals surface area contributed by atoms with Crippen molar-refractivity contribution < 1.29 is 0 Å². The summed E-state index contributed by atoms with van der Waals surface area (Å²) in [5.41, 5.74) is 9.42. The van der Waals surface area contributed by atoms with Crippen molar-refractivity contribution >= 4 is 17.0 Å². The molecule has 0 atom stereocenters. The van der Waals surface area contributed by atoms with Crippen LogP contribution in [0.5, 0.6) is 0 Å². The Morgan fingerprint density at radius 2 is 1.84 bits per heavy atom. The molecule has 0 saturated carbocycles. The van der Waals surface area contributed by atoms with Crippen LogP contribution in [-0.2, 0) is 6.54 Å². The van der Waals surface area contributed by atoms with Crippen molar-refractivity contribution in [3.63, 3.8) is 0 Å². The molecule has 2 aromatic carbocycles. The molecule has 0 unspecified atom stereocenters. The fourth-order valence-corrected chi connectivity index (χ4v) is 2.20. The summed E-state index contributed by atoms with van der Waals surface area (Å²) < 4.78 is 1.92. The molecule has 2 N–H and O–H groups in total. The molecule has 4 heteroatoms. The minimum atomic E-state index is 0.467. The quantitative estimate of drug-likeness (QED) is 0.757. The summed E-state index contributed by atoms with van der Waals surface area (Å²) in [5.74, 6) is 0.467. The highest BCUT2D eigenvalue weighted by Gasteiger charge is 2.09. The maximum atomic E-state index is 9.12. The molecule has 0 fully saturated rings. The largest absolute Gasteiger partial charge is 0.369 e. The lowest BCUT2D eigenvalue weighted by atomic mass is 10.1. The summed E-state index contributed by atoms with van der Waals surface area (Å²) in [6, 6.07) is 17.5. The zero-order valence-corrected chi connectivity index (χ0v) is 10.2. The van der Waals surface area contributed by atoms with Gasteiger partial charge in [-0.05, 0) is 23.8 Å². The highest BCUT2D eigenvalue weighted by atomic mass is 15.1. The second-order valence-corrected chi connectivity index (χ2v) is 4.31. The van der Waals surface area contributed by atoms with Gasteiger partial charge in [-0.3, -0.25) is 0 Å². The number of nitrogen functional groups attached to an aromatic ring is 1. The van der Waals surface area contributed by atoms with Gasteiger partial charge in [-0.15, -0.1) is 0 Å². The number of nitrogens with two attached hydrogens (primary N) is 1. The van der Waals surface area contributed by atoms with Gasteiger partial charge in [-0.2, -0.15) is 5.26 Å². The maximum Gasteiger partial charge on any atom is 0.201 e. The standard InChI is InChI=1S/C15H12N4/c16-9-11-5-1-2-6-12(11)10-19-14-8-4-3-7-13(14)18-15(19)17/h1-8H,10H2,(H2,17,18). The number of fused-ring (bicyclic) bond motifs is 1. The van der Waals surface area contributed by atoms with Crippen LogP contribution in [0, 0.1) is 11.3 Å². The molecule has 3 rings (SSSR count). The molecule has 3 aromatic rings. The van der Waals surface area contributed by atoms with E-state index in [2.05, 4.69) is 11.1 Å². The van der Waals surface area contributed by atoms with Crippen molar-refractivity contribution in [1.82, 2.24) is 9.55 Å². The van der Waals surface area contributed by atoms with E-state index >= 15 is 0 Å². The van der Waals surface area contributed by atoms with Gasteiger partial charge in [0.05, 0.1) is 29.2 Å². The first-order valence-corrected chi connectivity index (χ1v) is 5.98. The van der Waals surface area contributed by atoms with Crippen LogP contribution in [0.15, 0.2) is 48.5 Å². The van der Waals surface area contributed by atoms with E-state index in [4.69, 9.17) is 11.0 Å². The first kappa shape index (κ1) is 11.3. The van der Waals surface area contributed by atoms with E-state index in [9.17, 15) is 0 Å². The first-order chi connectivity index (χ1) is 9.29. The van der Waals surface area contributed by atoms with E-state index < -0.39 is 0 Å². The Bertz CT molecular complexity index is 780. The van der Waals surface area contributed by atoms with Crippen LogP contribution in [0.2, 0.25) is 0 Å². The van der Waals surface area contributed by atoms with Gasteiger partial charge in [0.1, 0.15) is 0 Å². The lowest BCUT2D eigenvalue weighted by Gasteiger charge is -2.08. The van der Waals surface area contributed by atoms with Crippen molar-refractivity contribution in [2.45, 2.75) is 6.54 Å². The van der Waals surface area contributed by atoms with Crippen LogP contribution < -0.4 is 5.73 Å². The fraction of sp³-hybridized carbons (Fsp3) is 0.0667. The molecule has 0 aliphatic heterocycles. The van der Waals surface area contributed by atoms with Crippen LogP contribution in [0.1, 0.15) is 11.1 Å². The lowest BCUT2D eigenvalue weighted by Crippen LogP contribution is -2.05. The van der Waals surface area contributed by atoms with E-state index in [1.165, 1.54) is 0 Å². The Balaban J connectivity index is 2.11. The van der Waals surface area contributed by atoms with Crippen molar-refractivity contribution in [3.8, 4) is 6.07 Å². The van der Waals surface area contributed by atoms with Crippen molar-refractivity contribution in [3.05, 3.63) is 59.7 Å². The molecule has 1 heterocycles. The Morgan fingerprint density at radius 3 is 2.68 bits per heavy atom. The summed E-state index contributed by atoms with van der Waals surface area (Å²) >= 11 is 0.